The van der Waals surface area contributed by atoms with Crippen molar-refractivity contribution < 1.29 is 4.74 Å². The zero-order chi connectivity index (χ0) is 10.4. The molecule has 1 rings (SSSR count). The van der Waals surface area contributed by atoms with E-state index in [9.17, 15) is 0 Å². The predicted molar refractivity (Wildman–Crippen MR) is 60.8 cm³/mol. The SMILES string of the molecule is COc1cccc(CCCC(C)C)c1. The fourth-order valence-electron chi connectivity index (χ4n) is 1.54. The molecule has 14 heavy (non-hydrogen) atoms. The molecule has 0 aliphatic heterocycles. The summed E-state index contributed by atoms with van der Waals surface area (Å²) in [5, 5.41) is 0. The van der Waals surface area contributed by atoms with E-state index in [1.165, 1.54) is 18.4 Å². The van der Waals surface area contributed by atoms with Gasteiger partial charge in [-0.2, -0.15) is 0 Å². The first-order chi connectivity index (χ1) is 6.72. The first-order valence-corrected chi connectivity index (χ1v) is 5.35. The first kappa shape index (κ1) is 11.1. The van der Waals surface area contributed by atoms with Crippen LogP contribution < -0.4 is 4.74 Å². The summed E-state index contributed by atoms with van der Waals surface area (Å²) in [4.78, 5) is 0. The van der Waals surface area contributed by atoms with Gasteiger partial charge in [0.05, 0.1) is 7.11 Å². The van der Waals surface area contributed by atoms with Gasteiger partial charge in [-0.1, -0.05) is 32.4 Å². The first-order valence-electron chi connectivity index (χ1n) is 5.35. The Bertz CT molecular complexity index is 266. The minimum atomic E-state index is 0.806. The number of benzene rings is 1. The molecule has 0 saturated carbocycles. The molecule has 1 heteroatoms. The molecular formula is C13H20O. The Labute approximate surface area is 87.1 Å². The van der Waals surface area contributed by atoms with Crippen molar-refractivity contribution in [3.05, 3.63) is 29.8 Å². The maximum Gasteiger partial charge on any atom is 0.119 e. The Hall–Kier alpha value is -0.980. The summed E-state index contributed by atoms with van der Waals surface area (Å²) >= 11 is 0. The minimum absolute atomic E-state index is 0.806. The van der Waals surface area contributed by atoms with Crippen molar-refractivity contribution in [2.75, 3.05) is 7.11 Å². The Kier molecular flexibility index (Phi) is 4.51. The van der Waals surface area contributed by atoms with E-state index in [-0.39, 0.29) is 0 Å². The average Bonchev–Trinajstić information content (AvgIpc) is 2.18. The molecule has 0 aromatic heterocycles. The van der Waals surface area contributed by atoms with Crippen molar-refractivity contribution >= 4 is 0 Å². The number of rotatable bonds is 5. The van der Waals surface area contributed by atoms with E-state index in [0.29, 0.717) is 0 Å². The lowest BCUT2D eigenvalue weighted by atomic mass is 10.0. The summed E-state index contributed by atoms with van der Waals surface area (Å²) in [6.45, 7) is 4.54. The van der Waals surface area contributed by atoms with Gasteiger partial charge in [-0.25, -0.2) is 0 Å². The topological polar surface area (TPSA) is 9.23 Å². The molecule has 0 aliphatic rings. The van der Waals surface area contributed by atoms with E-state index in [1.807, 2.05) is 6.07 Å². The van der Waals surface area contributed by atoms with Gasteiger partial charge in [-0.15, -0.1) is 0 Å². The van der Waals surface area contributed by atoms with E-state index in [2.05, 4.69) is 32.0 Å². The zero-order valence-corrected chi connectivity index (χ0v) is 9.42. The van der Waals surface area contributed by atoms with Gasteiger partial charge in [0.25, 0.3) is 0 Å². The van der Waals surface area contributed by atoms with Gasteiger partial charge in [-0.05, 0) is 36.5 Å². The molecule has 0 atom stereocenters. The summed E-state index contributed by atoms with van der Waals surface area (Å²) < 4.78 is 5.18. The number of aryl methyl sites for hydroxylation is 1. The lowest BCUT2D eigenvalue weighted by Crippen LogP contribution is -1.91. The van der Waals surface area contributed by atoms with Gasteiger partial charge in [0, 0.05) is 0 Å². The highest BCUT2D eigenvalue weighted by Gasteiger charge is 1.97. The molecule has 0 N–H and O–H groups in total. The second-order valence-electron chi connectivity index (χ2n) is 4.14. The third-order valence-corrected chi connectivity index (χ3v) is 2.38. The van der Waals surface area contributed by atoms with Crippen molar-refractivity contribution in [3.8, 4) is 5.75 Å². The van der Waals surface area contributed by atoms with Crippen LogP contribution in [0.15, 0.2) is 24.3 Å². The summed E-state index contributed by atoms with van der Waals surface area (Å²) in [7, 11) is 1.72. The summed E-state index contributed by atoms with van der Waals surface area (Å²) in [5.74, 6) is 1.77. The van der Waals surface area contributed by atoms with Crippen LogP contribution in [0.1, 0.15) is 32.3 Å². The fraction of sp³-hybridized carbons (Fsp3) is 0.538. The Balaban J connectivity index is 2.42. The maximum absolute atomic E-state index is 5.18. The largest absolute Gasteiger partial charge is 0.497 e. The average molecular weight is 192 g/mol. The number of ether oxygens (including phenoxy) is 1. The molecule has 1 aromatic rings. The number of hydrogen-bond donors (Lipinski definition) is 0. The van der Waals surface area contributed by atoms with E-state index in [0.717, 1.165) is 18.1 Å². The number of hydrogen-bond acceptors (Lipinski definition) is 1. The molecule has 1 nitrogen and oxygen atoms in total. The van der Waals surface area contributed by atoms with Crippen molar-refractivity contribution in [1.29, 1.82) is 0 Å². The summed E-state index contributed by atoms with van der Waals surface area (Å²) in [5.41, 5.74) is 1.38. The van der Waals surface area contributed by atoms with Gasteiger partial charge in [-0.3, -0.25) is 0 Å². The number of methoxy groups -OCH3 is 1. The lowest BCUT2D eigenvalue weighted by molar-refractivity contribution is 0.414. The summed E-state index contributed by atoms with van der Waals surface area (Å²) in [6, 6.07) is 8.35. The Morgan fingerprint density at radius 3 is 2.71 bits per heavy atom. The summed E-state index contributed by atoms with van der Waals surface area (Å²) in [6.07, 6.45) is 3.73. The quantitative estimate of drug-likeness (QED) is 0.691. The van der Waals surface area contributed by atoms with Crippen LogP contribution in [0.3, 0.4) is 0 Å². The van der Waals surface area contributed by atoms with Crippen LogP contribution in [-0.4, -0.2) is 7.11 Å². The van der Waals surface area contributed by atoms with Gasteiger partial charge < -0.3 is 4.74 Å². The fourth-order valence-corrected chi connectivity index (χ4v) is 1.54. The molecule has 0 bridgehead atoms. The van der Waals surface area contributed by atoms with Crippen molar-refractivity contribution in [1.82, 2.24) is 0 Å². The Morgan fingerprint density at radius 1 is 1.29 bits per heavy atom. The molecule has 0 heterocycles. The molecule has 0 amide bonds. The monoisotopic (exact) mass is 192 g/mol. The molecule has 1 aromatic carbocycles. The van der Waals surface area contributed by atoms with E-state index in [4.69, 9.17) is 4.74 Å². The third-order valence-electron chi connectivity index (χ3n) is 2.38. The highest BCUT2D eigenvalue weighted by Crippen LogP contribution is 2.15. The molecule has 0 saturated heterocycles. The lowest BCUT2D eigenvalue weighted by Gasteiger charge is -2.06. The standard InChI is InChI=1S/C13H20O/c1-11(2)6-4-7-12-8-5-9-13(10-12)14-3/h5,8-11H,4,6-7H2,1-3H3. The van der Waals surface area contributed by atoms with Crippen LogP contribution in [0.2, 0.25) is 0 Å². The maximum atomic E-state index is 5.18. The van der Waals surface area contributed by atoms with Crippen LogP contribution in [0.4, 0.5) is 0 Å². The van der Waals surface area contributed by atoms with Crippen LogP contribution in [0, 0.1) is 5.92 Å². The van der Waals surface area contributed by atoms with Crippen molar-refractivity contribution in [2.24, 2.45) is 5.92 Å². The third kappa shape index (κ3) is 3.82. The molecular weight excluding hydrogens is 172 g/mol. The van der Waals surface area contributed by atoms with E-state index < -0.39 is 0 Å². The van der Waals surface area contributed by atoms with Crippen molar-refractivity contribution in [2.45, 2.75) is 33.1 Å². The van der Waals surface area contributed by atoms with Crippen LogP contribution in [0.5, 0.6) is 5.75 Å². The highest BCUT2D eigenvalue weighted by molar-refractivity contribution is 5.28. The molecule has 0 fully saturated rings. The predicted octanol–water partition coefficient (Wildman–Crippen LogP) is 3.67. The molecule has 0 spiro atoms. The molecule has 0 radical (unpaired) electrons. The molecule has 0 unspecified atom stereocenters. The van der Waals surface area contributed by atoms with Gasteiger partial charge in [0.15, 0.2) is 0 Å². The van der Waals surface area contributed by atoms with Crippen LogP contribution in [-0.2, 0) is 6.42 Å². The second kappa shape index (κ2) is 5.69. The van der Waals surface area contributed by atoms with Gasteiger partial charge in [0.2, 0.25) is 0 Å². The van der Waals surface area contributed by atoms with Gasteiger partial charge >= 0.3 is 0 Å². The van der Waals surface area contributed by atoms with Crippen molar-refractivity contribution in [3.63, 3.8) is 0 Å². The Morgan fingerprint density at radius 2 is 2.07 bits per heavy atom. The van der Waals surface area contributed by atoms with Gasteiger partial charge in [0.1, 0.15) is 5.75 Å². The van der Waals surface area contributed by atoms with E-state index >= 15 is 0 Å². The van der Waals surface area contributed by atoms with E-state index in [1.54, 1.807) is 7.11 Å². The highest BCUT2D eigenvalue weighted by atomic mass is 16.5. The second-order valence-corrected chi connectivity index (χ2v) is 4.14. The minimum Gasteiger partial charge on any atom is -0.497 e. The normalized spacial score (nSPS) is 10.6. The van der Waals surface area contributed by atoms with Crippen LogP contribution >= 0.6 is 0 Å². The smallest absolute Gasteiger partial charge is 0.119 e. The molecule has 78 valence electrons. The zero-order valence-electron chi connectivity index (χ0n) is 9.42. The molecule has 0 aliphatic carbocycles. The van der Waals surface area contributed by atoms with Crippen LogP contribution in [0.25, 0.3) is 0 Å².